The van der Waals surface area contributed by atoms with Gasteiger partial charge in [0, 0.05) is 10.7 Å². The lowest BCUT2D eigenvalue weighted by atomic mass is 10.2. The van der Waals surface area contributed by atoms with E-state index in [-0.39, 0.29) is 4.88 Å². The largest absolute Gasteiger partial charge is 0.480 e. The Kier molecular flexibility index (Phi) is 4.08. The molecule has 0 atom stereocenters. The Bertz CT molecular complexity index is 603. The first-order chi connectivity index (χ1) is 9.08. The third kappa shape index (κ3) is 3.27. The SMILES string of the molecule is O=C(O)CN(C(=O)c1cnns1)c1cccc(Cl)c1. The topological polar surface area (TPSA) is 83.4 Å². The number of hydrogen-bond donors (Lipinski definition) is 1. The minimum atomic E-state index is -1.12. The number of nitrogens with zero attached hydrogens (tertiary/aromatic N) is 3. The Balaban J connectivity index is 2.36. The van der Waals surface area contributed by atoms with Crippen LogP contribution in [0.4, 0.5) is 5.69 Å². The van der Waals surface area contributed by atoms with E-state index >= 15 is 0 Å². The number of halogens is 1. The number of benzene rings is 1. The van der Waals surface area contributed by atoms with E-state index in [4.69, 9.17) is 16.7 Å². The summed E-state index contributed by atoms with van der Waals surface area (Å²) in [5, 5.41) is 12.9. The van der Waals surface area contributed by atoms with E-state index < -0.39 is 18.4 Å². The number of carbonyl (C=O) groups is 2. The van der Waals surface area contributed by atoms with Gasteiger partial charge in [0.25, 0.3) is 5.91 Å². The predicted molar refractivity (Wildman–Crippen MR) is 70.7 cm³/mol. The maximum Gasteiger partial charge on any atom is 0.323 e. The van der Waals surface area contributed by atoms with E-state index in [1.807, 2.05) is 0 Å². The number of hydrogen-bond acceptors (Lipinski definition) is 5. The predicted octanol–water partition coefficient (Wildman–Crippen LogP) is 1.92. The van der Waals surface area contributed by atoms with Gasteiger partial charge < -0.3 is 5.11 Å². The van der Waals surface area contributed by atoms with Crippen LogP contribution in [-0.2, 0) is 4.79 Å². The van der Waals surface area contributed by atoms with Crippen molar-refractivity contribution in [2.75, 3.05) is 11.4 Å². The lowest BCUT2D eigenvalue weighted by Crippen LogP contribution is -2.35. The van der Waals surface area contributed by atoms with Crippen LogP contribution in [0, 0.1) is 0 Å². The van der Waals surface area contributed by atoms with Crippen LogP contribution in [-0.4, -0.2) is 33.1 Å². The molecule has 0 aliphatic rings. The molecule has 0 unspecified atom stereocenters. The summed E-state index contributed by atoms with van der Waals surface area (Å²) in [5.74, 6) is -1.59. The van der Waals surface area contributed by atoms with Crippen LogP contribution in [0.25, 0.3) is 0 Å². The summed E-state index contributed by atoms with van der Waals surface area (Å²) in [6, 6.07) is 6.42. The average Bonchev–Trinajstić information content (AvgIpc) is 2.88. The van der Waals surface area contributed by atoms with Crippen molar-refractivity contribution in [2.24, 2.45) is 0 Å². The Morgan fingerprint density at radius 1 is 1.42 bits per heavy atom. The third-order valence-corrected chi connectivity index (χ3v) is 3.12. The zero-order valence-corrected chi connectivity index (χ0v) is 11.1. The molecular weight excluding hydrogens is 290 g/mol. The summed E-state index contributed by atoms with van der Waals surface area (Å²) in [7, 11) is 0. The fraction of sp³-hybridized carbons (Fsp3) is 0.0909. The van der Waals surface area contributed by atoms with Gasteiger partial charge in [0.05, 0.1) is 6.20 Å². The van der Waals surface area contributed by atoms with Gasteiger partial charge in [-0.15, -0.1) is 5.10 Å². The summed E-state index contributed by atoms with van der Waals surface area (Å²) in [6.07, 6.45) is 1.30. The summed E-state index contributed by atoms with van der Waals surface area (Å²) < 4.78 is 3.59. The van der Waals surface area contributed by atoms with Crippen molar-refractivity contribution < 1.29 is 14.7 Å². The van der Waals surface area contributed by atoms with E-state index in [0.29, 0.717) is 10.7 Å². The molecule has 0 saturated carbocycles. The molecule has 98 valence electrons. The number of anilines is 1. The van der Waals surface area contributed by atoms with Crippen LogP contribution in [0.5, 0.6) is 0 Å². The average molecular weight is 298 g/mol. The highest BCUT2D eigenvalue weighted by Gasteiger charge is 2.22. The van der Waals surface area contributed by atoms with Crippen LogP contribution in [0.15, 0.2) is 30.5 Å². The normalized spacial score (nSPS) is 10.2. The number of aromatic nitrogens is 2. The number of amides is 1. The molecule has 0 aliphatic carbocycles. The highest BCUT2D eigenvalue weighted by molar-refractivity contribution is 7.07. The summed E-state index contributed by atoms with van der Waals surface area (Å²) in [4.78, 5) is 24.5. The Morgan fingerprint density at radius 2 is 2.21 bits per heavy atom. The highest BCUT2D eigenvalue weighted by Crippen LogP contribution is 2.21. The first-order valence-corrected chi connectivity index (χ1v) is 6.29. The van der Waals surface area contributed by atoms with Gasteiger partial charge in [0.1, 0.15) is 11.4 Å². The van der Waals surface area contributed by atoms with Crippen LogP contribution in [0.2, 0.25) is 5.02 Å². The fourth-order valence-corrected chi connectivity index (χ4v) is 2.10. The fourth-order valence-electron chi connectivity index (χ4n) is 1.45. The number of carboxylic acids is 1. The van der Waals surface area contributed by atoms with Gasteiger partial charge in [0.2, 0.25) is 0 Å². The standard InChI is InChI=1S/C11H8ClN3O3S/c12-7-2-1-3-8(4-7)15(6-10(16)17)11(18)9-5-13-14-19-9/h1-5H,6H2,(H,16,17). The van der Waals surface area contributed by atoms with Crippen molar-refractivity contribution >= 4 is 40.7 Å². The number of rotatable bonds is 4. The molecule has 1 aromatic heterocycles. The number of aliphatic carboxylic acids is 1. The van der Waals surface area contributed by atoms with E-state index in [9.17, 15) is 9.59 Å². The summed E-state index contributed by atoms with van der Waals surface area (Å²) >= 11 is 6.75. The molecule has 0 aliphatic heterocycles. The van der Waals surface area contributed by atoms with E-state index in [1.165, 1.54) is 12.3 Å². The van der Waals surface area contributed by atoms with Gasteiger partial charge in [-0.2, -0.15) is 0 Å². The zero-order chi connectivity index (χ0) is 13.8. The van der Waals surface area contributed by atoms with Gasteiger partial charge in [-0.25, -0.2) is 0 Å². The molecule has 2 rings (SSSR count). The molecule has 1 heterocycles. The van der Waals surface area contributed by atoms with Crippen molar-refractivity contribution in [2.45, 2.75) is 0 Å². The molecule has 6 nitrogen and oxygen atoms in total. The molecular formula is C11H8ClN3O3S. The van der Waals surface area contributed by atoms with Crippen molar-refractivity contribution in [3.05, 3.63) is 40.4 Å². The van der Waals surface area contributed by atoms with E-state index in [0.717, 1.165) is 16.4 Å². The van der Waals surface area contributed by atoms with Gasteiger partial charge in [-0.1, -0.05) is 22.2 Å². The van der Waals surface area contributed by atoms with Crippen molar-refractivity contribution in [3.63, 3.8) is 0 Å². The second-order valence-electron chi connectivity index (χ2n) is 3.55. The highest BCUT2D eigenvalue weighted by atomic mass is 35.5. The minimum Gasteiger partial charge on any atom is -0.480 e. The molecule has 0 radical (unpaired) electrons. The molecule has 1 N–H and O–H groups in total. The third-order valence-electron chi connectivity index (χ3n) is 2.23. The molecule has 2 aromatic rings. The maximum absolute atomic E-state index is 12.2. The van der Waals surface area contributed by atoms with Crippen LogP contribution in [0.1, 0.15) is 9.67 Å². The molecule has 0 saturated heterocycles. The molecule has 8 heteroatoms. The van der Waals surface area contributed by atoms with Crippen LogP contribution in [0.3, 0.4) is 0 Å². The van der Waals surface area contributed by atoms with Gasteiger partial charge in [0.15, 0.2) is 0 Å². The summed E-state index contributed by atoms with van der Waals surface area (Å²) in [6.45, 7) is -0.461. The molecule has 1 aromatic carbocycles. The number of carboxylic acid groups (broad SMARTS) is 1. The Hall–Kier alpha value is -1.99. The van der Waals surface area contributed by atoms with Gasteiger partial charge >= 0.3 is 5.97 Å². The van der Waals surface area contributed by atoms with Gasteiger partial charge in [-0.3, -0.25) is 14.5 Å². The minimum absolute atomic E-state index is 0.265. The van der Waals surface area contributed by atoms with Crippen LogP contribution >= 0.6 is 23.1 Å². The Labute approximate surface area is 117 Å². The van der Waals surface area contributed by atoms with Crippen molar-refractivity contribution in [1.82, 2.24) is 9.59 Å². The Morgan fingerprint density at radius 3 is 2.79 bits per heavy atom. The molecule has 0 fully saturated rings. The quantitative estimate of drug-likeness (QED) is 0.932. The molecule has 0 spiro atoms. The zero-order valence-electron chi connectivity index (χ0n) is 9.49. The lowest BCUT2D eigenvalue weighted by molar-refractivity contribution is -0.135. The lowest BCUT2D eigenvalue weighted by Gasteiger charge is -2.19. The first-order valence-electron chi connectivity index (χ1n) is 5.14. The second-order valence-corrected chi connectivity index (χ2v) is 4.77. The molecule has 1 amide bonds. The van der Waals surface area contributed by atoms with Gasteiger partial charge in [-0.05, 0) is 29.7 Å². The monoisotopic (exact) mass is 297 g/mol. The number of carbonyl (C=O) groups excluding carboxylic acids is 1. The van der Waals surface area contributed by atoms with Crippen molar-refractivity contribution in [1.29, 1.82) is 0 Å². The summed E-state index contributed by atoms with van der Waals surface area (Å²) in [5.41, 5.74) is 0.410. The maximum atomic E-state index is 12.2. The molecule has 0 bridgehead atoms. The first kappa shape index (κ1) is 13.4. The van der Waals surface area contributed by atoms with Crippen molar-refractivity contribution in [3.8, 4) is 0 Å². The molecule has 19 heavy (non-hydrogen) atoms. The van der Waals surface area contributed by atoms with E-state index in [2.05, 4.69) is 9.59 Å². The second kappa shape index (κ2) is 5.77. The van der Waals surface area contributed by atoms with Crippen LogP contribution < -0.4 is 4.90 Å². The van der Waals surface area contributed by atoms with E-state index in [1.54, 1.807) is 18.2 Å². The smallest absolute Gasteiger partial charge is 0.323 e.